The monoisotopic (exact) mass is 713 g/mol. The smallest absolute Gasteiger partial charge is 1.00 e. The van der Waals surface area contributed by atoms with E-state index in [1.54, 1.807) is 12.1 Å². The first-order valence-corrected chi connectivity index (χ1v) is 15.7. The molecule has 0 atom stereocenters. The van der Waals surface area contributed by atoms with Gasteiger partial charge in [0.15, 0.2) is 0 Å². The van der Waals surface area contributed by atoms with E-state index in [2.05, 4.69) is 32.6 Å². The molecule has 0 unspecified atom stereocenters. The number of alkyl halides is 2. The average Bonchev–Trinajstić information content (AvgIpc) is 3.29. The fraction of sp³-hybridized carbons (Fsp3) is 0.636. The molecule has 0 saturated carbocycles. The van der Waals surface area contributed by atoms with Gasteiger partial charge in [0.25, 0.3) is 0 Å². The van der Waals surface area contributed by atoms with Crippen molar-refractivity contribution < 1.29 is 65.2 Å². The summed E-state index contributed by atoms with van der Waals surface area (Å²) in [4.78, 5) is 4.14. The third kappa shape index (κ3) is 15.5. The summed E-state index contributed by atoms with van der Waals surface area (Å²) >= 11 is 5.35. The summed E-state index contributed by atoms with van der Waals surface area (Å²) in [7, 11) is 6.40. The molecule has 14 heteroatoms. The van der Waals surface area contributed by atoms with Gasteiger partial charge in [-0.3, -0.25) is 4.39 Å². The van der Waals surface area contributed by atoms with Crippen molar-refractivity contribution in [2.24, 2.45) is 0 Å². The van der Waals surface area contributed by atoms with E-state index in [-0.39, 0.29) is 85.8 Å². The van der Waals surface area contributed by atoms with Crippen LogP contribution in [0.15, 0.2) is 48.5 Å². The number of aromatic hydroxyl groups is 1. The number of nitrogens with zero attached hydrogens (tertiary/aromatic N) is 2. The quantitative estimate of drug-likeness (QED) is 0.331. The van der Waals surface area contributed by atoms with Crippen molar-refractivity contribution in [1.82, 2.24) is 9.80 Å². The maximum absolute atomic E-state index is 9.96. The second kappa shape index (κ2) is 21.6. The number of phenols is 1. The Bertz CT molecular complexity index is 1130. The standard InChI is InChI=1S/C16H26BNO3.C12H17BO3.C4H10ClN.CH3F.ClH.Na.H/c1-15(2)16(3,4)21-17(20-15)13-7-9-14(10-8-13)19-12-11-18(5)6;1-11(2)12(3,4)16-13(15-11)9-5-7-10(14)8-6-9;1-6(2)4-3-5;1-2;;;/h7-10H,11-12H2,1-6H3;5-8,14H,1-4H3;3-4H2,1-2H3;1H3;1H;;/q;;;;;+1;-1/i;;;1D;;;. The number of halogens is 3. The molecule has 2 heterocycles. The van der Waals surface area contributed by atoms with Gasteiger partial charge in [-0.2, -0.15) is 0 Å². The largest absolute Gasteiger partial charge is 1.00 e. The minimum atomic E-state index is -1.00. The zero-order chi connectivity index (χ0) is 35.3. The molecule has 0 aromatic heterocycles. The summed E-state index contributed by atoms with van der Waals surface area (Å²) in [6.45, 7) is 18.9. The molecule has 0 amide bonds. The summed E-state index contributed by atoms with van der Waals surface area (Å²) < 4.78 is 45.0. The Morgan fingerprint density at radius 3 is 1.34 bits per heavy atom. The van der Waals surface area contributed by atoms with Crippen molar-refractivity contribution in [3.8, 4) is 11.5 Å². The second-order valence-electron chi connectivity index (χ2n) is 13.5. The Kier molecular flexibility index (Phi) is 21.4. The van der Waals surface area contributed by atoms with Gasteiger partial charge in [0, 0.05) is 19.0 Å². The molecule has 2 saturated heterocycles. The molecule has 47 heavy (non-hydrogen) atoms. The predicted molar refractivity (Wildman–Crippen MR) is 195 cm³/mol. The Hall–Kier alpha value is -0.560. The maximum Gasteiger partial charge on any atom is 1.00 e. The molecule has 2 aliphatic rings. The number of benzene rings is 2. The van der Waals surface area contributed by atoms with E-state index in [0.717, 1.165) is 35.6 Å². The Labute approximate surface area is 321 Å². The second-order valence-corrected chi connectivity index (χ2v) is 13.9. The number of ether oxygens (including phenoxy) is 1. The maximum atomic E-state index is 9.96. The molecule has 1 N–H and O–H groups in total. The Morgan fingerprint density at radius 2 is 1.06 bits per heavy atom. The van der Waals surface area contributed by atoms with Crippen LogP contribution < -0.4 is 45.2 Å². The van der Waals surface area contributed by atoms with E-state index < -0.39 is 7.15 Å². The molecule has 2 aromatic carbocycles. The molecule has 0 bridgehead atoms. The van der Waals surface area contributed by atoms with Crippen molar-refractivity contribution in [3.63, 3.8) is 0 Å². The molecule has 4 rings (SSSR count). The summed E-state index contributed by atoms with van der Waals surface area (Å²) in [5.74, 6) is 1.85. The van der Waals surface area contributed by atoms with E-state index in [1.165, 1.54) is 0 Å². The van der Waals surface area contributed by atoms with Crippen LogP contribution >= 0.6 is 24.0 Å². The first kappa shape index (κ1) is 46.4. The SMILES string of the molecule is CC1(C)OB(c2ccc(O)cc2)OC1(C)C.CN(C)CCCl.CN(C)CCOc1ccc(B2OC(C)(C)C(C)(C)O2)cc1.Cl.[2H]CF.[H-].[Na+]. The summed E-state index contributed by atoms with van der Waals surface area (Å²) in [5, 5.41) is 9.22. The molecular weight excluding hydrogens is 655 g/mol. The molecule has 0 aliphatic carbocycles. The van der Waals surface area contributed by atoms with Gasteiger partial charge in [-0.15, -0.1) is 24.0 Å². The number of hydrogen-bond acceptors (Lipinski definition) is 8. The number of hydrogen-bond donors (Lipinski definition) is 1. The third-order valence-corrected chi connectivity index (χ3v) is 8.33. The summed E-state index contributed by atoms with van der Waals surface area (Å²) in [6, 6.07) is 14.9. The Morgan fingerprint density at radius 1 is 0.745 bits per heavy atom. The fourth-order valence-electron chi connectivity index (χ4n) is 3.83. The first-order valence-electron chi connectivity index (χ1n) is 15.9. The van der Waals surface area contributed by atoms with Crippen LogP contribution in [0.25, 0.3) is 0 Å². The Balaban J connectivity index is -0.000000672. The van der Waals surface area contributed by atoms with Gasteiger partial charge in [-0.1, -0.05) is 24.3 Å². The molecule has 264 valence electrons. The van der Waals surface area contributed by atoms with Crippen LogP contribution in [0.4, 0.5) is 4.39 Å². The van der Waals surface area contributed by atoms with Gasteiger partial charge in [-0.25, -0.2) is 0 Å². The van der Waals surface area contributed by atoms with Gasteiger partial charge in [-0.05, 0) is 119 Å². The molecule has 0 radical (unpaired) electrons. The van der Waals surface area contributed by atoms with Crippen LogP contribution in [-0.2, 0) is 18.6 Å². The van der Waals surface area contributed by atoms with Gasteiger partial charge in [0.1, 0.15) is 18.1 Å². The van der Waals surface area contributed by atoms with Crippen LogP contribution in [0.1, 0.15) is 58.2 Å². The van der Waals surface area contributed by atoms with Crippen LogP contribution in [0.3, 0.4) is 0 Å². The molecule has 8 nitrogen and oxygen atoms in total. The van der Waals surface area contributed by atoms with Crippen molar-refractivity contribution in [1.29, 1.82) is 0 Å². The van der Waals surface area contributed by atoms with E-state index in [0.29, 0.717) is 6.61 Å². The zero-order valence-corrected chi connectivity index (χ0v) is 34.4. The van der Waals surface area contributed by atoms with E-state index >= 15 is 0 Å². The minimum absolute atomic E-state index is 0. The normalized spacial score (nSPS) is 18.3. The number of rotatable bonds is 8. The van der Waals surface area contributed by atoms with Crippen molar-refractivity contribution in [2.45, 2.75) is 77.8 Å². The third-order valence-electron chi connectivity index (χ3n) is 8.16. The first-order chi connectivity index (χ1) is 21.2. The summed E-state index contributed by atoms with van der Waals surface area (Å²) in [5.41, 5.74) is 0.687. The molecule has 0 spiro atoms. The van der Waals surface area contributed by atoms with Gasteiger partial charge in [0.05, 0.1) is 30.9 Å². The van der Waals surface area contributed by atoms with Gasteiger partial charge >= 0.3 is 43.8 Å². The van der Waals surface area contributed by atoms with Crippen LogP contribution in [0, 0.1) is 0 Å². The predicted octanol–water partition coefficient (Wildman–Crippen LogP) is 2.53. The zero-order valence-electron chi connectivity index (χ0n) is 32.9. The fourth-order valence-corrected chi connectivity index (χ4v) is 4.16. The van der Waals surface area contributed by atoms with Gasteiger partial charge < -0.3 is 39.7 Å². The van der Waals surface area contributed by atoms with E-state index in [1.807, 2.05) is 97.2 Å². The molecule has 2 aliphatic heterocycles. The van der Waals surface area contributed by atoms with E-state index in [4.69, 9.17) is 36.3 Å². The van der Waals surface area contributed by atoms with Crippen LogP contribution in [-0.4, -0.2) is 112 Å². The van der Waals surface area contributed by atoms with Crippen LogP contribution in [0.5, 0.6) is 11.5 Å². The number of phenolic OH excluding ortho intramolecular Hbond substituents is 1. The minimum Gasteiger partial charge on any atom is -1.00 e. The van der Waals surface area contributed by atoms with Crippen molar-refractivity contribution >= 4 is 49.2 Å². The van der Waals surface area contributed by atoms with E-state index in [9.17, 15) is 9.50 Å². The summed E-state index contributed by atoms with van der Waals surface area (Å²) in [6.07, 6.45) is 0. The molecule has 2 fully saturated rings. The van der Waals surface area contributed by atoms with Crippen LogP contribution in [0.2, 0.25) is 0 Å². The van der Waals surface area contributed by atoms with Crippen molar-refractivity contribution in [2.75, 3.05) is 60.9 Å². The topological polar surface area (TPSA) is 72.9 Å². The van der Waals surface area contributed by atoms with Gasteiger partial charge in [0.2, 0.25) is 0 Å². The van der Waals surface area contributed by atoms with Crippen molar-refractivity contribution in [3.05, 3.63) is 48.5 Å². The molecule has 2 aromatic rings. The number of likely N-dealkylation sites (N-methyl/N-ethyl adjacent to an activating group) is 1. The molecular formula is C33H58B2Cl2FN2NaO6. The average molecular weight is 714 g/mol.